The van der Waals surface area contributed by atoms with E-state index in [1.807, 2.05) is 0 Å². The molecule has 1 atom stereocenters. The smallest absolute Gasteiger partial charge is 0.138 e. The summed E-state index contributed by atoms with van der Waals surface area (Å²) in [6, 6.07) is 52.1. The maximum atomic E-state index is 5.22. The quantitative estimate of drug-likeness (QED) is 0.185. The summed E-state index contributed by atoms with van der Waals surface area (Å²) in [6.07, 6.45) is 5.84. The molecule has 0 radical (unpaired) electrons. The van der Waals surface area contributed by atoms with Crippen LogP contribution in [0.1, 0.15) is 29.2 Å². The van der Waals surface area contributed by atoms with Crippen molar-refractivity contribution in [3.05, 3.63) is 180 Å². The summed E-state index contributed by atoms with van der Waals surface area (Å²) in [7, 11) is 0. The van der Waals surface area contributed by atoms with Crippen molar-refractivity contribution in [1.29, 1.82) is 0 Å². The van der Waals surface area contributed by atoms with Gasteiger partial charge in [0.25, 0.3) is 0 Å². The normalized spacial score (nSPS) is 14.8. The number of fused-ring (bicyclic) bond motifs is 1. The molecule has 0 aliphatic heterocycles. The van der Waals surface area contributed by atoms with Gasteiger partial charge >= 0.3 is 0 Å². The molecule has 7 aromatic rings. The van der Waals surface area contributed by atoms with Gasteiger partial charge in [-0.3, -0.25) is 4.90 Å². The van der Waals surface area contributed by atoms with E-state index in [2.05, 4.69) is 181 Å². The molecule has 2 aliphatic carbocycles. The Kier molecular flexibility index (Phi) is 6.72. The van der Waals surface area contributed by atoms with Gasteiger partial charge in [0.2, 0.25) is 0 Å². The number of benzene rings is 6. The Morgan fingerprint density at radius 2 is 1.29 bits per heavy atom. The molecule has 0 N–H and O–H groups in total. The van der Waals surface area contributed by atoms with Crippen LogP contribution in [0.2, 0.25) is 0 Å². The predicted octanol–water partition coefficient (Wildman–Crippen LogP) is 11.7. The molecule has 6 aromatic carbocycles. The molecule has 3 heteroatoms. The highest BCUT2D eigenvalue weighted by molar-refractivity contribution is 6.12. The van der Waals surface area contributed by atoms with E-state index in [1.54, 1.807) is 0 Å². The molecule has 0 fully saturated rings. The van der Waals surface area contributed by atoms with E-state index in [0.717, 1.165) is 34.5 Å². The van der Waals surface area contributed by atoms with Crippen LogP contribution in [-0.4, -0.2) is 11.0 Å². The molecule has 0 saturated heterocycles. The van der Waals surface area contributed by atoms with Gasteiger partial charge in [0.15, 0.2) is 0 Å². The number of pyridine rings is 1. The number of allylic oxidation sites excluding steroid dienone is 2. The third-order valence-corrected chi connectivity index (χ3v) is 9.99. The SMILES string of the molecule is CC1=CC(N(c2ccccc2)c2ccccc2)C2=CCc3c(C)cc(N(c4ccccc4)c4ccc5ccccc5n4)c4ccc1c2c34. The topological polar surface area (TPSA) is 19.4 Å². The Bertz CT molecular complexity index is 2350. The number of anilines is 5. The lowest BCUT2D eigenvalue weighted by atomic mass is 9.75. The van der Waals surface area contributed by atoms with Crippen molar-refractivity contribution in [2.45, 2.75) is 26.3 Å². The number of aromatic nitrogens is 1. The van der Waals surface area contributed by atoms with Crippen molar-refractivity contribution in [2.24, 2.45) is 0 Å². The molecule has 0 amide bonds. The number of para-hydroxylation sites is 4. The molecule has 1 heterocycles. The Morgan fingerprint density at radius 1 is 0.646 bits per heavy atom. The van der Waals surface area contributed by atoms with Crippen molar-refractivity contribution in [2.75, 3.05) is 9.80 Å². The van der Waals surface area contributed by atoms with E-state index in [1.165, 1.54) is 55.5 Å². The zero-order valence-electron chi connectivity index (χ0n) is 27.1. The van der Waals surface area contributed by atoms with Gasteiger partial charge < -0.3 is 4.90 Å². The second kappa shape index (κ2) is 11.4. The van der Waals surface area contributed by atoms with Crippen molar-refractivity contribution in [3.63, 3.8) is 0 Å². The fourth-order valence-electron chi connectivity index (χ4n) is 7.78. The Balaban J connectivity index is 1.28. The second-order valence-electron chi connectivity index (χ2n) is 12.8. The van der Waals surface area contributed by atoms with Gasteiger partial charge in [-0.1, -0.05) is 97.1 Å². The van der Waals surface area contributed by atoms with Crippen molar-refractivity contribution in [3.8, 4) is 0 Å². The van der Waals surface area contributed by atoms with Gasteiger partial charge in [0.05, 0.1) is 17.2 Å². The first-order valence-corrected chi connectivity index (χ1v) is 16.7. The maximum Gasteiger partial charge on any atom is 0.138 e. The first-order valence-electron chi connectivity index (χ1n) is 16.7. The zero-order chi connectivity index (χ0) is 32.2. The molecular formula is C45H35N3. The largest absolute Gasteiger partial charge is 0.330 e. The number of aryl methyl sites for hydroxylation is 1. The van der Waals surface area contributed by atoms with Crippen molar-refractivity contribution in [1.82, 2.24) is 4.98 Å². The Morgan fingerprint density at radius 3 is 2.00 bits per heavy atom. The number of rotatable bonds is 6. The van der Waals surface area contributed by atoms with E-state index in [4.69, 9.17) is 4.98 Å². The average molecular weight is 618 g/mol. The molecule has 0 spiro atoms. The average Bonchev–Trinajstić information content (AvgIpc) is 3.14. The first-order chi connectivity index (χ1) is 23.7. The molecule has 48 heavy (non-hydrogen) atoms. The van der Waals surface area contributed by atoms with Crippen LogP contribution in [0.4, 0.5) is 28.6 Å². The summed E-state index contributed by atoms with van der Waals surface area (Å²) in [6.45, 7) is 4.55. The summed E-state index contributed by atoms with van der Waals surface area (Å²) in [4.78, 5) is 10.1. The lowest BCUT2D eigenvalue weighted by Crippen LogP contribution is -2.33. The molecule has 1 unspecified atom stereocenters. The molecular weight excluding hydrogens is 583 g/mol. The summed E-state index contributed by atoms with van der Waals surface area (Å²) in [5.74, 6) is 0.909. The third-order valence-electron chi connectivity index (χ3n) is 9.99. The molecule has 3 nitrogen and oxygen atoms in total. The Hall–Kier alpha value is -5.93. The third kappa shape index (κ3) is 4.54. The lowest BCUT2D eigenvalue weighted by molar-refractivity contribution is 0.944. The van der Waals surface area contributed by atoms with E-state index >= 15 is 0 Å². The van der Waals surface area contributed by atoms with Gasteiger partial charge in [0.1, 0.15) is 5.82 Å². The summed E-state index contributed by atoms with van der Waals surface area (Å²) in [5.41, 5.74) is 13.7. The maximum absolute atomic E-state index is 5.22. The van der Waals surface area contributed by atoms with Crippen LogP contribution in [0.15, 0.2) is 158 Å². The fourth-order valence-corrected chi connectivity index (χ4v) is 7.78. The number of nitrogens with zero attached hydrogens (tertiary/aromatic N) is 3. The second-order valence-corrected chi connectivity index (χ2v) is 12.8. The fraction of sp³-hybridized carbons (Fsp3) is 0.0889. The summed E-state index contributed by atoms with van der Waals surface area (Å²) in [5, 5.41) is 3.75. The molecule has 0 saturated carbocycles. The van der Waals surface area contributed by atoms with Crippen LogP contribution in [0.5, 0.6) is 0 Å². The minimum absolute atomic E-state index is 0.0531. The van der Waals surface area contributed by atoms with Gasteiger partial charge in [-0.05, 0) is 120 Å². The van der Waals surface area contributed by atoms with Crippen LogP contribution in [-0.2, 0) is 6.42 Å². The number of hydrogen-bond acceptors (Lipinski definition) is 3. The van der Waals surface area contributed by atoms with Gasteiger partial charge in [-0.25, -0.2) is 4.98 Å². The van der Waals surface area contributed by atoms with E-state index < -0.39 is 0 Å². The molecule has 1 aromatic heterocycles. The highest BCUT2D eigenvalue weighted by Crippen LogP contribution is 2.50. The molecule has 9 rings (SSSR count). The minimum atomic E-state index is 0.0531. The summed E-state index contributed by atoms with van der Waals surface area (Å²) < 4.78 is 0. The summed E-state index contributed by atoms with van der Waals surface area (Å²) >= 11 is 0. The van der Waals surface area contributed by atoms with Crippen LogP contribution >= 0.6 is 0 Å². The first kappa shape index (κ1) is 28.3. The monoisotopic (exact) mass is 617 g/mol. The van der Waals surface area contributed by atoms with Gasteiger partial charge in [-0.15, -0.1) is 0 Å². The molecule has 230 valence electrons. The van der Waals surface area contributed by atoms with Crippen molar-refractivity contribution >= 4 is 61.4 Å². The van der Waals surface area contributed by atoms with Crippen molar-refractivity contribution < 1.29 is 0 Å². The van der Waals surface area contributed by atoms with Gasteiger partial charge in [-0.2, -0.15) is 0 Å². The van der Waals surface area contributed by atoms with Crippen LogP contribution in [0.3, 0.4) is 0 Å². The van der Waals surface area contributed by atoms with Crippen LogP contribution < -0.4 is 9.80 Å². The van der Waals surface area contributed by atoms with E-state index in [9.17, 15) is 0 Å². The van der Waals surface area contributed by atoms with E-state index in [-0.39, 0.29) is 6.04 Å². The van der Waals surface area contributed by atoms with Gasteiger partial charge in [0, 0.05) is 27.8 Å². The van der Waals surface area contributed by atoms with E-state index in [0.29, 0.717) is 0 Å². The highest BCUT2D eigenvalue weighted by atomic mass is 15.2. The number of hydrogen-bond donors (Lipinski definition) is 0. The molecule has 2 aliphatic rings. The Labute approximate surface area is 281 Å². The lowest BCUT2D eigenvalue weighted by Gasteiger charge is -2.39. The zero-order valence-corrected chi connectivity index (χ0v) is 27.1. The highest BCUT2D eigenvalue weighted by Gasteiger charge is 2.34. The van der Waals surface area contributed by atoms with Crippen LogP contribution in [0.25, 0.3) is 32.8 Å². The standard InChI is InChI=1S/C45H35N3/c1-30-28-41(47(33-15-6-3-7-16-33)34-17-8-4-9-18-34)38-25-23-37-31(2)29-42(39-26-24-36(30)44(38)45(37)39)48(35-19-10-5-11-20-35)43-27-22-32-14-12-13-21-40(32)46-43/h3-22,24-29,41H,23H2,1-2H3. The van der Waals surface area contributed by atoms with Crippen LogP contribution in [0, 0.1) is 6.92 Å². The predicted molar refractivity (Wildman–Crippen MR) is 203 cm³/mol. The minimum Gasteiger partial charge on any atom is -0.330 e. The molecule has 0 bridgehead atoms.